The van der Waals surface area contributed by atoms with Crippen molar-refractivity contribution in [2.24, 2.45) is 0 Å². The number of hydrogen-bond acceptors (Lipinski definition) is 3. The Morgan fingerprint density at radius 2 is 1.86 bits per heavy atom. The highest BCUT2D eigenvalue weighted by atomic mass is 15.9. The molecule has 1 fully saturated rings. The van der Waals surface area contributed by atoms with Crippen LogP contribution in [0.1, 0.15) is 53.9 Å². The van der Waals surface area contributed by atoms with Crippen LogP contribution in [0.5, 0.6) is 0 Å². The van der Waals surface area contributed by atoms with Gasteiger partial charge in [-0.3, -0.25) is 0 Å². The number of rotatable bonds is 4. The maximum Gasteiger partial charge on any atom is 0.0920 e. The third kappa shape index (κ3) is 2.47. The second kappa shape index (κ2) is 4.60. The average molecular weight is 199 g/mol. The fraction of sp³-hybridized carbons (Fsp3) is 1.00. The van der Waals surface area contributed by atoms with Gasteiger partial charge in [-0.05, 0) is 27.2 Å². The van der Waals surface area contributed by atoms with Crippen molar-refractivity contribution in [3.05, 3.63) is 0 Å². The average Bonchev–Trinajstić information content (AvgIpc) is 2.01. The van der Waals surface area contributed by atoms with E-state index in [9.17, 15) is 0 Å². The van der Waals surface area contributed by atoms with Gasteiger partial charge in [-0.25, -0.2) is 10.0 Å². The Morgan fingerprint density at radius 1 is 1.21 bits per heavy atom. The number of nitrogens with zero attached hydrogens (tertiary/aromatic N) is 2. The number of hydrogen-bond donors (Lipinski definition) is 1. The second-order valence-corrected chi connectivity index (χ2v) is 5.05. The lowest BCUT2D eigenvalue weighted by Crippen LogP contribution is -2.77. The molecule has 0 radical (unpaired) electrons. The lowest BCUT2D eigenvalue weighted by molar-refractivity contribution is -0.237. The molecule has 84 valence electrons. The van der Waals surface area contributed by atoms with E-state index in [1.165, 1.54) is 19.3 Å². The van der Waals surface area contributed by atoms with Gasteiger partial charge in [0.05, 0.1) is 6.17 Å². The van der Waals surface area contributed by atoms with Crippen molar-refractivity contribution in [2.45, 2.75) is 65.6 Å². The second-order valence-electron chi connectivity index (χ2n) is 5.05. The van der Waals surface area contributed by atoms with E-state index in [0.717, 1.165) is 6.54 Å². The summed E-state index contributed by atoms with van der Waals surface area (Å²) in [5.41, 5.74) is 3.62. The third-order valence-electron chi connectivity index (χ3n) is 2.77. The van der Waals surface area contributed by atoms with Crippen LogP contribution < -0.4 is 5.53 Å². The Labute approximate surface area is 88.4 Å². The predicted molar refractivity (Wildman–Crippen MR) is 60.4 cm³/mol. The molecule has 0 aliphatic carbocycles. The van der Waals surface area contributed by atoms with E-state index in [2.05, 4.69) is 50.2 Å². The minimum absolute atomic E-state index is 0.226. The number of nitrogens with one attached hydrogen (secondary N) is 1. The minimum Gasteiger partial charge on any atom is -0.212 e. The summed E-state index contributed by atoms with van der Waals surface area (Å²) in [6.07, 6.45) is 4.47. The maximum absolute atomic E-state index is 3.40. The number of hydrazine groups is 2. The third-order valence-corrected chi connectivity index (χ3v) is 2.77. The maximum atomic E-state index is 3.40. The van der Waals surface area contributed by atoms with Gasteiger partial charge in [-0.1, -0.05) is 26.7 Å². The van der Waals surface area contributed by atoms with Gasteiger partial charge in [-0.2, -0.15) is 5.53 Å². The topological polar surface area (TPSA) is 18.5 Å². The van der Waals surface area contributed by atoms with Gasteiger partial charge in [0.1, 0.15) is 0 Å². The Morgan fingerprint density at radius 3 is 2.29 bits per heavy atom. The molecule has 0 aromatic heterocycles. The van der Waals surface area contributed by atoms with Gasteiger partial charge >= 0.3 is 0 Å². The van der Waals surface area contributed by atoms with Crippen LogP contribution in [0.25, 0.3) is 0 Å². The zero-order valence-corrected chi connectivity index (χ0v) is 10.3. The molecule has 3 nitrogen and oxygen atoms in total. The molecule has 1 atom stereocenters. The largest absolute Gasteiger partial charge is 0.212 e. The highest BCUT2D eigenvalue weighted by Gasteiger charge is 2.40. The van der Waals surface area contributed by atoms with Crippen molar-refractivity contribution >= 4 is 0 Å². The van der Waals surface area contributed by atoms with Crippen LogP contribution in [0.15, 0.2) is 0 Å². The van der Waals surface area contributed by atoms with E-state index in [1.54, 1.807) is 0 Å². The molecule has 0 aromatic rings. The molecule has 3 heteroatoms. The zero-order valence-electron chi connectivity index (χ0n) is 10.3. The summed E-state index contributed by atoms with van der Waals surface area (Å²) in [5.74, 6) is 0. The lowest BCUT2D eigenvalue weighted by Gasteiger charge is -2.56. The van der Waals surface area contributed by atoms with Gasteiger partial charge in [0.2, 0.25) is 0 Å². The molecule has 0 bridgehead atoms. The fourth-order valence-electron chi connectivity index (χ4n) is 1.91. The molecule has 1 saturated heterocycles. The lowest BCUT2D eigenvalue weighted by atomic mass is 10.0. The summed E-state index contributed by atoms with van der Waals surface area (Å²) in [4.78, 5) is 0. The highest BCUT2D eigenvalue weighted by Crippen LogP contribution is 2.26. The SMILES string of the molecule is CCCCC1N(CC)NN1C(C)(C)C. The van der Waals surface area contributed by atoms with Crippen molar-refractivity contribution in [1.29, 1.82) is 0 Å². The van der Waals surface area contributed by atoms with Crippen LogP contribution >= 0.6 is 0 Å². The standard InChI is InChI=1S/C11H25N3/c1-6-8-9-10-13(7-2)12-14(10)11(3,4)5/h10,12H,6-9H2,1-5H3. The molecule has 1 N–H and O–H groups in total. The van der Waals surface area contributed by atoms with E-state index < -0.39 is 0 Å². The molecule has 0 saturated carbocycles. The summed E-state index contributed by atoms with van der Waals surface area (Å²) in [5, 5.41) is 4.69. The van der Waals surface area contributed by atoms with Gasteiger partial charge in [0, 0.05) is 12.1 Å². The predicted octanol–water partition coefficient (Wildman–Crippen LogP) is 2.36. The van der Waals surface area contributed by atoms with Gasteiger partial charge in [0.15, 0.2) is 0 Å². The van der Waals surface area contributed by atoms with Crippen molar-refractivity contribution in [3.8, 4) is 0 Å². The first-order valence-electron chi connectivity index (χ1n) is 5.83. The van der Waals surface area contributed by atoms with Crippen molar-refractivity contribution in [3.63, 3.8) is 0 Å². The Hall–Kier alpha value is -0.120. The van der Waals surface area contributed by atoms with E-state index in [0.29, 0.717) is 6.17 Å². The normalized spacial score (nSPS) is 25.1. The monoisotopic (exact) mass is 199 g/mol. The summed E-state index contributed by atoms with van der Waals surface area (Å²) in [6, 6.07) is 0. The molecular formula is C11H25N3. The molecule has 1 heterocycles. The zero-order chi connectivity index (χ0) is 10.8. The van der Waals surface area contributed by atoms with Crippen LogP contribution in [0, 0.1) is 0 Å². The minimum atomic E-state index is 0.226. The van der Waals surface area contributed by atoms with Crippen LogP contribution in [0.2, 0.25) is 0 Å². The van der Waals surface area contributed by atoms with Crippen molar-refractivity contribution in [1.82, 2.24) is 15.6 Å². The molecule has 1 aliphatic rings. The summed E-state index contributed by atoms with van der Waals surface area (Å²) >= 11 is 0. The Balaban J connectivity index is 2.47. The molecule has 0 spiro atoms. The molecule has 14 heavy (non-hydrogen) atoms. The molecule has 0 amide bonds. The van der Waals surface area contributed by atoms with E-state index in [1.807, 2.05) is 0 Å². The van der Waals surface area contributed by atoms with Gasteiger partial charge in [-0.15, -0.1) is 0 Å². The van der Waals surface area contributed by atoms with E-state index in [-0.39, 0.29) is 5.54 Å². The van der Waals surface area contributed by atoms with Crippen molar-refractivity contribution in [2.75, 3.05) is 6.54 Å². The van der Waals surface area contributed by atoms with Crippen LogP contribution in [-0.2, 0) is 0 Å². The smallest absolute Gasteiger partial charge is 0.0920 e. The molecular weight excluding hydrogens is 174 g/mol. The van der Waals surface area contributed by atoms with Gasteiger partial charge < -0.3 is 0 Å². The van der Waals surface area contributed by atoms with Crippen molar-refractivity contribution < 1.29 is 0 Å². The molecule has 1 unspecified atom stereocenters. The van der Waals surface area contributed by atoms with E-state index >= 15 is 0 Å². The van der Waals surface area contributed by atoms with Crippen LogP contribution in [0.4, 0.5) is 0 Å². The first kappa shape index (κ1) is 12.0. The summed E-state index contributed by atoms with van der Waals surface area (Å²) in [6.45, 7) is 12.3. The van der Waals surface area contributed by atoms with Gasteiger partial charge in [0.25, 0.3) is 0 Å². The Bertz CT molecular complexity index is 174. The summed E-state index contributed by atoms with van der Waals surface area (Å²) in [7, 11) is 0. The summed E-state index contributed by atoms with van der Waals surface area (Å²) < 4.78 is 0. The highest BCUT2D eigenvalue weighted by molar-refractivity contribution is 4.85. The first-order chi connectivity index (χ1) is 6.50. The Kier molecular flexibility index (Phi) is 3.93. The quantitative estimate of drug-likeness (QED) is 0.750. The van der Waals surface area contributed by atoms with Crippen LogP contribution in [0.3, 0.4) is 0 Å². The van der Waals surface area contributed by atoms with Crippen LogP contribution in [-0.4, -0.2) is 28.3 Å². The molecule has 1 rings (SSSR count). The molecule has 1 aliphatic heterocycles. The first-order valence-corrected chi connectivity index (χ1v) is 5.83. The van der Waals surface area contributed by atoms with E-state index in [4.69, 9.17) is 0 Å². The number of unbranched alkanes of at least 4 members (excludes halogenated alkanes) is 1. The molecule has 0 aromatic carbocycles. The fourth-order valence-corrected chi connectivity index (χ4v) is 1.91.